The van der Waals surface area contributed by atoms with Crippen LogP contribution in [0.3, 0.4) is 0 Å². The SMILES string of the molecule is CCC(F)=NC. The van der Waals surface area contributed by atoms with Gasteiger partial charge in [0.2, 0.25) is 0 Å². The van der Waals surface area contributed by atoms with E-state index in [2.05, 4.69) is 4.99 Å². The lowest BCUT2D eigenvalue weighted by atomic mass is 10.5. The summed E-state index contributed by atoms with van der Waals surface area (Å²) in [7, 11) is 1.44. The van der Waals surface area contributed by atoms with Gasteiger partial charge in [0.15, 0.2) is 5.97 Å². The molecule has 0 saturated heterocycles. The molecule has 0 amide bonds. The van der Waals surface area contributed by atoms with Crippen LogP contribution >= 0.6 is 0 Å². The van der Waals surface area contributed by atoms with Crippen molar-refractivity contribution in [1.82, 2.24) is 0 Å². The van der Waals surface area contributed by atoms with Crippen LogP contribution in [0, 0.1) is 0 Å². The highest BCUT2D eigenvalue weighted by Crippen LogP contribution is 1.82. The molecule has 0 rings (SSSR count). The van der Waals surface area contributed by atoms with Gasteiger partial charge in [-0.3, -0.25) is 4.99 Å². The Labute approximate surface area is 36.9 Å². The molecule has 0 unspecified atom stereocenters. The van der Waals surface area contributed by atoms with E-state index in [1.165, 1.54) is 7.05 Å². The Morgan fingerprint density at radius 2 is 2.33 bits per heavy atom. The zero-order valence-electron chi connectivity index (χ0n) is 4.03. The van der Waals surface area contributed by atoms with E-state index < -0.39 is 0 Å². The summed E-state index contributed by atoms with van der Waals surface area (Å²) < 4.78 is 11.6. The first-order chi connectivity index (χ1) is 2.81. The third kappa shape index (κ3) is 1.88. The molecule has 2 heteroatoms. The normalized spacial score (nSPS) is 12.2. The van der Waals surface area contributed by atoms with Crippen LogP contribution in [0.2, 0.25) is 0 Å². The summed E-state index contributed by atoms with van der Waals surface area (Å²) >= 11 is 0. The Morgan fingerprint density at radius 1 is 1.83 bits per heavy atom. The van der Waals surface area contributed by atoms with Crippen molar-refractivity contribution in [3.8, 4) is 0 Å². The van der Waals surface area contributed by atoms with Gasteiger partial charge in [0.05, 0.1) is 0 Å². The van der Waals surface area contributed by atoms with Crippen LogP contribution < -0.4 is 0 Å². The highest BCUT2D eigenvalue weighted by molar-refractivity contribution is 5.73. The van der Waals surface area contributed by atoms with E-state index >= 15 is 0 Å². The Hall–Kier alpha value is -0.400. The molecule has 0 fully saturated rings. The van der Waals surface area contributed by atoms with Crippen molar-refractivity contribution in [2.75, 3.05) is 7.05 Å². The highest BCUT2D eigenvalue weighted by Gasteiger charge is 1.81. The van der Waals surface area contributed by atoms with Crippen LogP contribution in [0.4, 0.5) is 4.39 Å². The summed E-state index contributed by atoms with van der Waals surface area (Å²) in [5, 5.41) is 0. The molecule has 0 aliphatic carbocycles. The maximum absolute atomic E-state index is 11.6. The van der Waals surface area contributed by atoms with Crippen LogP contribution in [0.15, 0.2) is 4.99 Å². The topological polar surface area (TPSA) is 12.4 Å². The molecule has 0 radical (unpaired) electrons. The van der Waals surface area contributed by atoms with Gasteiger partial charge in [-0.05, 0) is 0 Å². The third-order valence-corrected chi connectivity index (χ3v) is 0.534. The van der Waals surface area contributed by atoms with Crippen molar-refractivity contribution < 1.29 is 4.39 Å². The minimum Gasteiger partial charge on any atom is -0.265 e. The van der Waals surface area contributed by atoms with Crippen LogP contribution in [0.25, 0.3) is 0 Å². The Morgan fingerprint density at radius 3 is 2.33 bits per heavy atom. The summed E-state index contributed by atoms with van der Waals surface area (Å²) in [5.74, 6) is -0.282. The fraction of sp³-hybridized carbons (Fsp3) is 0.750. The molecule has 36 valence electrons. The first kappa shape index (κ1) is 5.60. The molecule has 0 heterocycles. The van der Waals surface area contributed by atoms with Crippen LogP contribution in [0.1, 0.15) is 13.3 Å². The lowest BCUT2D eigenvalue weighted by Gasteiger charge is -1.78. The fourth-order valence-electron chi connectivity index (χ4n) is 0.158. The summed E-state index contributed by atoms with van der Waals surface area (Å²) in [5.41, 5.74) is 0. The molecule has 0 bridgehead atoms. The average Bonchev–Trinajstić information content (AvgIpc) is 1.65. The first-order valence-corrected chi connectivity index (χ1v) is 1.92. The zero-order valence-corrected chi connectivity index (χ0v) is 4.03. The molecule has 0 N–H and O–H groups in total. The molecule has 0 saturated carbocycles. The second-order valence-electron chi connectivity index (χ2n) is 0.953. The van der Waals surface area contributed by atoms with Gasteiger partial charge in [0.1, 0.15) is 0 Å². The molecule has 0 aliphatic heterocycles. The predicted molar refractivity (Wildman–Crippen MR) is 24.8 cm³/mol. The van der Waals surface area contributed by atoms with Crippen molar-refractivity contribution in [3.05, 3.63) is 0 Å². The molecule has 0 aromatic rings. The summed E-state index contributed by atoms with van der Waals surface area (Å²) in [6.07, 6.45) is 0.413. The van der Waals surface area contributed by atoms with Gasteiger partial charge in [-0.15, -0.1) is 0 Å². The van der Waals surface area contributed by atoms with Crippen LogP contribution in [-0.4, -0.2) is 13.0 Å². The second-order valence-corrected chi connectivity index (χ2v) is 0.953. The van der Waals surface area contributed by atoms with Crippen LogP contribution in [-0.2, 0) is 0 Å². The monoisotopic (exact) mass is 89.1 g/mol. The Kier molecular flexibility index (Phi) is 2.63. The number of aliphatic imine (C=N–C) groups is 1. The van der Waals surface area contributed by atoms with Gasteiger partial charge in [-0.1, -0.05) is 6.92 Å². The van der Waals surface area contributed by atoms with E-state index in [1.807, 2.05) is 0 Å². The number of hydrogen-bond acceptors (Lipinski definition) is 1. The third-order valence-electron chi connectivity index (χ3n) is 0.534. The van der Waals surface area contributed by atoms with Gasteiger partial charge in [-0.2, -0.15) is 4.39 Å². The van der Waals surface area contributed by atoms with Gasteiger partial charge in [0, 0.05) is 13.5 Å². The van der Waals surface area contributed by atoms with Crippen LogP contribution in [0.5, 0.6) is 0 Å². The average molecular weight is 89.1 g/mol. The standard InChI is InChI=1S/C4H8FN/c1-3-4(5)6-2/h3H2,1-2H3. The first-order valence-electron chi connectivity index (χ1n) is 1.92. The molecule has 0 atom stereocenters. The smallest absolute Gasteiger partial charge is 0.183 e. The minimum absolute atomic E-state index is 0.282. The van der Waals surface area contributed by atoms with Gasteiger partial charge in [-0.25, -0.2) is 0 Å². The molecular weight excluding hydrogens is 81.0 g/mol. The van der Waals surface area contributed by atoms with E-state index in [0.29, 0.717) is 6.42 Å². The van der Waals surface area contributed by atoms with Crippen molar-refractivity contribution in [1.29, 1.82) is 0 Å². The largest absolute Gasteiger partial charge is 0.265 e. The number of nitrogens with zero attached hydrogens (tertiary/aromatic N) is 1. The molecule has 0 aromatic carbocycles. The lowest BCUT2D eigenvalue weighted by molar-refractivity contribution is 0.769. The number of rotatable bonds is 1. The van der Waals surface area contributed by atoms with Crippen molar-refractivity contribution in [2.45, 2.75) is 13.3 Å². The summed E-state index contributed by atoms with van der Waals surface area (Å²) in [6, 6.07) is 0. The molecular formula is C4H8FN. The number of hydrogen-bond donors (Lipinski definition) is 0. The molecule has 0 aromatic heterocycles. The maximum Gasteiger partial charge on any atom is 0.183 e. The van der Waals surface area contributed by atoms with Crippen molar-refractivity contribution in [3.63, 3.8) is 0 Å². The van der Waals surface area contributed by atoms with Gasteiger partial charge < -0.3 is 0 Å². The summed E-state index contributed by atoms with van der Waals surface area (Å²) in [4.78, 5) is 3.26. The lowest BCUT2D eigenvalue weighted by Crippen LogP contribution is -1.80. The predicted octanol–water partition coefficient (Wildman–Crippen LogP) is 1.39. The fourth-order valence-corrected chi connectivity index (χ4v) is 0.158. The Balaban J connectivity index is 3.22. The molecule has 0 spiro atoms. The van der Waals surface area contributed by atoms with Crippen molar-refractivity contribution >= 4 is 5.97 Å². The van der Waals surface area contributed by atoms with E-state index in [4.69, 9.17) is 0 Å². The minimum atomic E-state index is -0.282. The van der Waals surface area contributed by atoms with E-state index in [0.717, 1.165) is 0 Å². The quantitative estimate of drug-likeness (QED) is 0.430. The Bertz CT molecular complexity index is 58.6. The summed E-state index contributed by atoms with van der Waals surface area (Å²) in [6.45, 7) is 1.72. The van der Waals surface area contributed by atoms with E-state index in [-0.39, 0.29) is 5.97 Å². The van der Waals surface area contributed by atoms with Gasteiger partial charge in [0.25, 0.3) is 0 Å². The molecule has 6 heavy (non-hydrogen) atoms. The highest BCUT2D eigenvalue weighted by atomic mass is 19.1. The van der Waals surface area contributed by atoms with Gasteiger partial charge >= 0.3 is 0 Å². The van der Waals surface area contributed by atoms with E-state index in [9.17, 15) is 4.39 Å². The molecule has 0 aliphatic rings. The zero-order chi connectivity index (χ0) is 4.99. The van der Waals surface area contributed by atoms with E-state index in [1.54, 1.807) is 6.92 Å². The molecule has 1 nitrogen and oxygen atoms in total. The maximum atomic E-state index is 11.6. The van der Waals surface area contributed by atoms with Crippen molar-refractivity contribution in [2.24, 2.45) is 4.99 Å². The number of halogens is 1. The second kappa shape index (κ2) is 2.82.